The number of carboxylic acid groups (broad SMARTS) is 1. The lowest BCUT2D eigenvalue weighted by atomic mass is 10.1. The molecule has 3 heteroatoms. The van der Waals surface area contributed by atoms with Crippen molar-refractivity contribution in [3.63, 3.8) is 0 Å². The molecule has 0 aliphatic heterocycles. The monoisotopic (exact) mass is 148 g/mol. The molecule has 9 heavy (non-hydrogen) atoms. The highest BCUT2D eigenvalue weighted by atomic mass is 35.5. The first kappa shape index (κ1) is 6.87. The van der Waals surface area contributed by atoms with Gasteiger partial charge in [0, 0.05) is 5.88 Å². The Hall–Kier alpha value is -0.240. The van der Waals surface area contributed by atoms with Gasteiger partial charge in [-0.1, -0.05) is 6.92 Å². The largest absolute Gasteiger partial charge is 0.481 e. The zero-order valence-electron chi connectivity index (χ0n) is 5.22. The lowest BCUT2D eigenvalue weighted by molar-refractivity contribution is -0.142. The van der Waals surface area contributed by atoms with Crippen LogP contribution in [-0.4, -0.2) is 17.0 Å². The van der Waals surface area contributed by atoms with Crippen molar-refractivity contribution in [3.05, 3.63) is 0 Å². The molecule has 2 nitrogen and oxygen atoms in total. The highest BCUT2D eigenvalue weighted by Crippen LogP contribution is 2.53. The molecule has 0 saturated heterocycles. The summed E-state index contributed by atoms with van der Waals surface area (Å²) in [6.45, 7) is 1.91. The number of hydrogen-bond donors (Lipinski definition) is 1. The van der Waals surface area contributed by atoms with E-state index in [1.807, 2.05) is 6.92 Å². The Balaban J connectivity index is 2.62. The van der Waals surface area contributed by atoms with Gasteiger partial charge in [0.25, 0.3) is 0 Å². The SMILES string of the molecule is CC1CC1(CCl)C(=O)O. The summed E-state index contributed by atoms with van der Waals surface area (Å²) in [6, 6.07) is 0. The standard InChI is InChI=1S/C6H9ClO2/c1-4-2-6(4,3-7)5(8)9/h4H,2-3H2,1H3,(H,8,9). The quantitative estimate of drug-likeness (QED) is 0.600. The van der Waals surface area contributed by atoms with Gasteiger partial charge >= 0.3 is 5.97 Å². The Morgan fingerprint density at radius 2 is 2.44 bits per heavy atom. The number of alkyl halides is 1. The minimum Gasteiger partial charge on any atom is -0.481 e. The predicted molar refractivity (Wildman–Crippen MR) is 34.6 cm³/mol. The van der Waals surface area contributed by atoms with E-state index in [4.69, 9.17) is 16.7 Å². The van der Waals surface area contributed by atoms with E-state index in [0.717, 1.165) is 6.42 Å². The molecular formula is C6H9ClO2. The van der Waals surface area contributed by atoms with Crippen LogP contribution in [0.15, 0.2) is 0 Å². The molecule has 0 bridgehead atoms. The van der Waals surface area contributed by atoms with Crippen molar-refractivity contribution in [2.45, 2.75) is 13.3 Å². The van der Waals surface area contributed by atoms with Crippen LogP contribution in [0.3, 0.4) is 0 Å². The Morgan fingerprint density at radius 3 is 2.44 bits per heavy atom. The van der Waals surface area contributed by atoms with Crippen LogP contribution in [0.1, 0.15) is 13.3 Å². The number of carboxylic acids is 1. The van der Waals surface area contributed by atoms with E-state index in [1.165, 1.54) is 0 Å². The van der Waals surface area contributed by atoms with Crippen LogP contribution >= 0.6 is 11.6 Å². The summed E-state index contributed by atoms with van der Waals surface area (Å²) in [4.78, 5) is 10.4. The van der Waals surface area contributed by atoms with Gasteiger partial charge in [-0.3, -0.25) is 4.79 Å². The smallest absolute Gasteiger partial charge is 0.311 e. The fraction of sp³-hybridized carbons (Fsp3) is 0.833. The third-order valence-electron chi connectivity index (χ3n) is 2.12. The Bertz CT molecular complexity index is 142. The van der Waals surface area contributed by atoms with E-state index >= 15 is 0 Å². The molecule has 52 valence electrons. The molecule has 1 rings (SSSR count). The van der Waals surface area contributed by atoms with Crippen molar-refractivity contribution >= 4 is 17.6 Å². The predicted octanol–water partition coefficient (Wildman–Crippen LogP) is 1.34. The summed E-state index contributed by atoms with van der Waals surface area (Å²) in [6.07, 6.45) is 0.742. The summed E-state index contributed by atoms with van der Waals surface area (Å²) in [5.41, 5.74) is -0.568. The number of halogens is 1. The van der Waals surface area contributed by atoms with Gasteiger partial charge in [0.15, 0.2) is 0 Å². The molecule has 0 aromatic rings. The van der Waals surface area contributed by atoms with Crippen LogP contribution in [-0.2, 0) is 4.79 Å². The van der Waals surface area contributed by atoms with Crippen molar-refractivity contribution < 1.29 is 9.90 Å². The Kier molecular flexibility index (Phi) is 1.43. The van der Waals surface area contributed by atoms with Crippen LogP contribution < -0.4 is 0 Å². The Morgan fingerprint density at radius 1 is 2.00 bits per heavy atom. The third kappa shape index (κ3) is 0.816. The fourth-order valence-electron chi connectivity index (χ4n) is 1.03. The fourth-order valence-corrected chi connectivity index (χ4v) is 1.52. The first-order chi connectivity index (χ1) is 4.13. The van der Waals surface area contributed by atoms with E-state index in [9.17, 15) is 4.79 Å². The van der Waals surface area contributed by atoms with Crippen molar-refractivity contribution in [2.75, 3.05) is 5.88 Å². The summed E-state index contributed by atoms with van der Waals surface area (Å²) in [5.74, 6) is -0.221. The second-order valence-electron chi connectivity index (χ2n) is 2.70. The van der Waals surface area contributed by atoms with Crippen molar-refractivity contribution in [1.29, 1.82) is 0 Å². The minimum absolute atomic E-state index is 0.253. The van der Waals surface area contributed by atoms with Gasteiger partial charge in [-0.15, -0.1) is 11.6 Å². The molecule has 2 unspecified atom stereocenters. The van der Waals surface area contributed by atoms with Gasteiger partial charge in [-0.25, -0.2) is 0 Å². The van der Waals surface area contributed by atoms with Gasteiger partial charge in [0.2, 0.25) is 0 Å². The average molecular weight is 149 g/mol. The summed E-state index contributed by atoms with van der Waals surface area (Å²) in [5, 5.41) is 8.59. The van der Waals surface area contributed by atoms with Crippen LogP contribution in [0.5, 0.6) is 0 Å². The molecule has 1 saturated carbocycles. The molecule has 0 heterocycles. The molecule has 1 aliphatic rings. The van der Waals surface area contributed by atoms with Gasteiger partial charge in [0.1, 0.15) is 0 Å². The maximum Gasteiger partial charge on any atom is 0.311 e. The van der Waals surface area contributed by atoms with Crippen LogP contribution in [0.2, 0.25) is 0 Å². The summed E-state index contributed by atoms with van der Waals surface area (Å²) in [7, 11) is 0. The van der Waals surface area contributed by atoms with Gasteiger partial charge < -0.3 is 5.11 Å². The van der Waals surface area contributed by atoms with E-state index < -0.39 is 11.4 Å². The molecule has 2 atom stereocenters. The van der Waals surface area contributed by atoms with Crippen LogP contribution in [0.25, 0.3) is 0 Å². The molecule has 1 fully saturated rings. The van der Waals surface area contributed by atoms with Crippen molar-refractivity contribution in [3.8, 4) is 0 Å². The van der Waals surface area contributed by atoms with Crippen molar-refractivity contribution in [1.82, 2.24) is 0 Å². The molecule has 1 aliphatic carbocycles. The first-order valence-corrected chi connectivity index (χ1v) is 3.46. The van der Waals surface area contributed by atoms with Crippen LogP contribution in [0.4, 0.5) is 0 Å². The highest BCUT2D eigenvalue weighted by Gasteiger charge is 2.57. The Labute approximate surface area is 58.8 Å². The maximum absolute atomic E-state index is 10.4. The molecule has 0 amide bonds. The molecule has 0 spiro atoms. The van der Waals surface area contributed by atoms with Gasteiger partial charge in [0.05, 0.1) is 5.41 Å². The number of rotatable bonds is 2. The van der Waals surface area contributed by atoms with Gasteiger partial charge in [-0.05, 0) is 12.3 Å². The summed E-state index contributed by atoms with van der Waals surface area (Å²) >= 11 is 5.46. The maximum atomic E-state index is 10.4. The molecule has 0 radical (unpaired) electrons. The molecular weight excluding hydrogens is 140 g/mol. The van der Waals surface area contributed by atoms with E-state index in [-0.39, 0.29) is 11.8 Å². The molecule has 1 N–H and O–H groups in total. The third-order valence-corrected chi connectivity index (χ3v) is 2.59. The summed E-state index contributed by atoms with van der Waals surface area (Å²) < 4.78 is 0. The average Bonchev–Trinajstić information content (AvgIpc) is 2.43. The lowest BCUT2D eigenvalue weighted by Gasteiger charge is -2.03. The zero-order chi connectivity index (χ0) is 7.07. The van der Waals surface area contributed by atoms with Crippen molar-refractivity contribution in [2.24, 2.45) is 11.3 Å². The first-order valence-electron chi connectivity index (χ1n) is 2.93. The second-order valence-corrected chi connectivity index (χ2v) is 2.97. The molecule has 0 aromatic heterocycles. The highest BCUT2D eigenvalue weighted by molar-refractivity contribution is 6.20. The number of carbonyl (C=O) groups is 1. The number of aliphatic carboxylic acids is 1. The molecule has 0 aromatic carbocycles. The van der Waals surface area contributed by atoms with E-state index in [1.54, 1.807) is 0 Å². The van der Waals surface area contributed by atoms with E-state index in [2.05, 4.69) is 0 Å². The lowest BCUT2D eigenvalue weighted by Crippen LogP contribution is -2.18. The zero-order valence-corrected chi connectivity index (χ0v) is 5.98. The minimum atomic E-state index is -0.745. The van der Waals surface area contributed by atoms with Gasteiger partial charge in [-0.2, -0.15) is 0 Å². The second kappa shape index (κ2) is 1.87. The normalized spacial score (nSPS) is 40.4. The van der Waals surface area contributed by atoms with E-state index in [0.29, 0.717) is 0 Å². The number of hydrogen-bond acceptors (Lipinski definition) is 1. The van der Waals surface area contributed by atoms with Crippen LogP contribution in [0, 0.1) is 11.3 Å². The topological polar surface area (TPSA) is 37.3 Å².